The molecule has 2 heterocycles. The van der Waals surface area contributed by atoms with Crippen molar-refractivity contribution in [3.8, 4) is 0 Å². The van der Waals surface area contributed by atoms with Crippen LogP contribution < -0.4 is 0 Å². The van der Waals surface area contributed by atoms with Crippen LogP contribution in [0.25, 0.3) is 0 Å². The molecule has 3 rings (SSSR count). The van der Waals surface area contributed by atoms with Crippen molar-refractivity contribution < 1.29 is 19.5 Å². The highest BCUT2D eigenvalue weighted by molar-refractivity contribution is 8.00. The number of benzene rings is 1. The molecule has 5 nitrogen and oxygen atoms in total. The number of fused-ring (bicyclic) bond motifs is 1. The Morgan fingerprint density at radius 2 is 2.05 bits per heavy atom. The minimum Gasteiger partial charge on any atom is -0.478 e. The summed E-state index contributed by atoms with van der Waals surface area (Å²) in [4.78, 5) is 36.7. The first kappa shape index (κ1) is 13.2. The maximum Gasteiger partial charge on any atom is 0.335 e. The molecule has 1 aromatic carbocycles. The van der Waals surface area contributed by atoms with Crippen LogP contribution in [0.3, 0.4) is 0 Å². The van der Waals surface area contributed by atoms with Gasteiger partial charge in [0.25, 0.3) is 11.8 Å². The molecule has 2 amide bonds. The Kier molecular flexibility index (Phi) is 3.25. The van der Waals surface area contributed by atoms with Gasteiger partial charge in [0.1, 0.15) is 0 Å². The fourth-order valence-electron chi connectivity index (χ4n) is 2.58. The summed E-state index contributed by atoms with van der Waals surface area (Å²) in [5, 5.41) is 9.25. The number of amides is 2. The molecule has 1 saturated heterocycles. The topological polar surface area (TPSA) is 74.7 Å². The molecular weight excluding hydrogens is 278 g/mol. The predicted molar refractivity (Wildman–Crippen MR) is 74.2 cm³/mol. The van der Waals surface area contributed by atoms with E-state index in [-0.39, 0.29) is 22.9 Å². The van der Waals surface area contributed by atoms with Gasteiger partial charge in [0, 0.05) is 11.8 Å². The van der Waals surface area contributed by atoms with Gasteiger partial charge >= 0.3 is 5.97 Å². The molecule has 6 heteroatoms. The lowest BCUT2D eigenvalue weighted by molar-refractivity contribution is 0.0652. The fraction of sp³-hybridized carbons (Fsp3) is 0.357. The lowest BCUT2D eigenvalue weighted by Crippen LogP contribution is -2.35. The first-order valence-corrected chi connectivity index (χ1v) is 7.48. The number of hydrogen-bond donors (Lipinski definition) is 1. The summed E-state index contributed by atoms with van der Waals surface area (Å²) >= 11 is 1.78. The van der Waals surface area contributed by atoms with Crippen molar-refractivity contribution >= 4 is 29.5 Å². The van der Waals surface area contributed by atoms with Gasteiger partial charge in [0.2, 0.25) is 0 Å². The highest BCUT2D eigenvalue weighted by atomic mass is 32.2. The summed E-state index contributed by atoms with van der Waals surface area (Å²) in [5.41, 5.74) is 0.544. The SMILES string of the molecule is O=C(O)c1ccc2c(c1)C(=O)N(CC1CCCS1)C2=O. The normalized spacial score (nSPS) is 21.4. The number of rotatable bonds is 3. The number of aromatic carboxylic acids is 1. The van der Waals surface area contributed by atoms with Crippen LogP contribution in [0.2, 0.25) is 0 Å². The lowest BCUT2D eigenvalue weighted by Gasteiger charge is -2.17. The third-order valence-corrected chi connectivity index (χ3v) is 5.01. The van der Waals surface area contributed by atoms with Crippen LogP contribution in [0.15, 0.2) is 18.2 Å². The van der Waals surface area contributed by atoms with Crippen molar-refractivity contribution in [2.75, 3.05) is 12.3 Å². The van der Waals surface area contributed by atoms with Crippen molar-refractivity contribution in [1.29, 1.82) is 0 Å². The smallest absolute Gasteiger partial charge is 0.335 e. The van der Waals surface area contributed by atoms with Gasteiger partial charge in [-0.15, -0.1) is 0 Å². The van der Waals surface area contributed by atoms with E-state index in [1.165, 1.54) is 23.1 Å². The van der Waals surface area contributed by atoms with Gasteiger partial charge < -0.3 is 5.11 Å². The largest absolute Gasteiger partial charge is 0.478 e. The lowest BCUT2D eigenvalue weighted by atomic mass is 10.1. The Bertz CT molecular complexity index is 607. The van der Waals surface area contributed by atoms with Crippen LogP contribution in [-0.4, -0.2) is 45.3 Å². The molecule has 1 aromatic rings. The van der Waals surface area contributed by atoms with Crippen LogP contribution in [0.1, 0.15) is 43.9 Å². The average Bonchev–Trinajstić information content (AvgIpc) is 3.02. The van der Waals surface area contributed by atoms with Crippen LogP contribution in [-0.2, 0) is 0 Å². The van der Waals surface area contributed by atoms with Crippen molar-refractivity contribution in [2.24, 2.45) is 0 Å². The van der Waals surface area contributed by atoms with Gasteiger partial charge in [-0.2, -0.15) is 11.8 Å². The van der Waals surface area contributed by atoms with Gasteiger partial charge in [-0.25, -0.2) is 4.79 Å². The van der Waals surface area contributed by atoms with E-state index in [4.69, 9.17) is 5.11 Å². The van der Waals surface area contributed by atoms with E-state index in [1.807, 2.05) is 0 Å². The minimum atomic E-state index is -1.10. The van der Waals surface area contributed by atoms with E-state index >= 15 is 0 Å². The van der Waals surface area contributed by atoms with Crippen molar-refractivity contribution in [1.82, 2.24) is 4.90 Å². The highest BCUT2D eigenvalue weighted by Gasteiger charge is 2.37. The number of thioether (sulfide) groups is 1. The fourth-order valence-corrected chi connectivity index (χ4v) is 3.84. The molecule has 1 N–H and O–H groups in total. The van der Waals surface area contributed by atoms with Crippen molar-refractivity contribution in [2.45, 2.75) is 18.1 Å². The van der Waals surface area contributed by atoms with Gasteiger partial charge in [-0.05, 0) is 36.8 Å². The molecule has 2 aliphatic rings. The van der Waals surface area contributed by atoms with Gasteiger partial charge in [-0.3, -0.25) is 14.5 Å². The van der Waals surface area contributed by atoms with E-state index in [1.54, 1.807) is 11.8 Å². The van der Waals surface area contributed by atoms with E-state index in [2.05, 4.69) is 0 Å². The van der Waals surface area contributed by atoms with Crippen molar-refractivity contribution in [3.05, 3.63) is 34.9 Å². The maximum absolute atomic E-state index is 12.3. The van der Waals surface area contributed by atoms with Crippen LogP contribution in [0.5, 0.6) is 0 Å². The number of hydrogen-bond acceptors (Lipinski definition) is 4. The second-order valence-corrected chi connectivity index (χ2v) is 6.33. The number of imide groups is 1. The summed E-state index contributed by atoms with van der Waals surface area (Å²) in [7, 11) is 0. The van der Waals surface area contributed by atoms with E-state index < -0.39 is 5.97 Å². The van der Waals surface area contributed by atoms with Gasteiger partial charge in [0.05, 0.1) is 16.7 Å². The first-order valence-electron chi connectivity index (χ1n) is 6.43. The summed E-state index contributed by atoms with van der Waals surface area (Å²) in [6.07, 6.45) is 2.13. The standard InChI is InChI=1S/C14H13NO4S/c16-12-10-4-3-8(14(18)19)6-11(10)13(17)15(12)7-9-2-1-5-20-9/h3-4,6,9H,1-2,5,7H2,(H,18,19). The van der Waals surface area contributed by atoms with E-state index in [0.29, 0.717) is 17.4 Å². The highest BCUT2D eigenvalue weighted by Crippen LogP contribution is 2.30. The molecule has 1 unspecified atom stereocenters. The van der Waals surface area contributed by atoms with Crippen LogP contribution in [0.4, 0.5) is 0 Å². The third-order valence-electron chi connectivity index (χ3n) is 3.63. The second kappa shape index (κ2) is 4.94. The number of carbonyl (C=O) groups is 3. The van der Waals surface area contributed by atoms with Crippen molar-refractivity contribution in [3.63, 3.8) is 0 Å². The summed E-state index contributed by atoms with van der Waals surface area (Å²) in [6.45, 7) is 0.416. The quantitative estimate of drug-likeness (QED) is 0.861. The molecule has 2 aliphatic heterocycles. The monoisotopic (exact) mass is 291 g/mol. The zero-order chi connectivity index (χ0) is 14.3. The third kappa shape index (κ3) is 2.10. The number of carbonyl (C=O) groups excluding carboxylic acids is 2. The Morgan fingerprint density at radius 1 is 1.30 bits per heavy atom. The molecule has 104 valence electrons. The molecule has 0 bridgehead atoms. The van der Waals surface area contributed by atoms with E-state index in [9.17, 15) is 14.4 Å². The predicted octanol–water partition coefficient (Wildman–Crippen LogP) is 1.88. The second-order valence-electron chi connectivity index (χ2n) is 4.92. The molecule has 20 heavy (non-hydrogen) atoms. The van der Waals surface area contributed by atoms with E-state index in [0.717, 1.165) is 18.6 Å². The zero-order valence-electron chi connectivity index (χ0n) is 10.7. The molecular formula is C14H13NO4S. The van der Waals surface area contributed by atoms with Gasteiger partial charge in [0.15, 0.2) is 0 Å². The molecule has 0 aromatic heterocycles. The Labute approximate surface area is 120 Å². The molecule has 0 radical (unpaired) electrons. The maximum atomic E-state index is 12.3. The molecule has 0 saturated carbocycles. The number of nitrogens with zero attached hydrogens (tertiary/aromatic N) is 1. The van der Waals surface area contributed by atoms with Crippen LogP contribution >= 0.6 is 11.8 Å². The summed E-state index contributed by atoms with van der Waals surface area (Å²) < 4.78 is 0. The Hall–Kier alpha value is -1.82. The average molecular weight is 291 g/mol. The summed E-state index contributed by atoms with van der Waals surface area (Å²) in [5.74, 6) is -0.718. The van der Waals surface area contributed by atoms with Gasteiger partial charge in [-0.1, -0.05) is 0 Å². The molecule has 1 atom stereocenters. The number of carboxylic acid groups (broad SMARTS) is 1. The molecule has 1 fully saturated rings. The Morgan fingerprint density at radius 3 is 2.70 bits per heavy atom. The minimum absolute atomic E-state index is 0.0296. The van der Waals surface area contributed by atoms with Crippen LogP contribution in [0, 0.1) is 0 Å². The number of carboxylic acids is 1. The Balaban J connectivity index is 1.88. The first-order chi connectivity index (χ1) is 9.58. The molecule has 0 aliphatic carbocycles. The molecule has 0 spiro atoms. The summed E-state index contributed by atoms with van der Waals surface area (Å²) in [6, 6.07) is 4.08. The zero-order valence-corrected chi connectivity index (χ0v) is 11.5.